The number of nitrogens with one attached hydrogen (secondary N) is 2. The molecule has 172 valence electrons. The van der Waals surface area contributed by atoms with Crippen LogP contribution in [0.2, 0.25) is 0 Å². The van der Waals surface area contributed by atoms with Crippen molar-refractivity contribution >= 4 is 27.2 Å². The van der Waals surface area contributed by atoms with Crippen molar-refractivity contribution in [3.63, 3.8) is 0 Å². The summed E-state index contributed by atoms with van der Waals surface area (Å²) in [5.41, 5.74) is 8.11. The van der Waals surface area contributed by atoms with Crippen LogP contribution in [0.15, 0.2) is 60.8 Å². The first-order chi connectivity index (χ1) is 15.8. The number of halogens is 3. The molecule has 0 aliphatic carbocycles. The largest absolute Gasteiger partial charge is 0.416 e. The molecule has 1 unspecified atom stereocenters. The third kappa shape index (κ3) is 5.50. The average molecular weight is 472 g/mol. The van der Waals surface area contributed by atoms with E-state index in [-0.39, 0.29) is 6.04 Å². The fourth-order valence-corrected chi connectivity index (χ4v) is 4.62. The molecular weight excluding hydrogens is 447 g/mol. The molecule has 4 rings (SSSR count). The Balaban J connectivity index is 1.48. The van der Waals surface area contributed by atoms with Gasteiger partial charge in [-0.15, -0.1) is 0 Å². The van der Waals surface area contributed by atoms with Crippen molar-refractivity contribution in [3.05, 3.63) is 77.6 Å². The number of anilines is 1. The summed E-state index contributed by atoms with van der Waals surface area (Å²) in [5.74, 6) is 0. The van der Waals surface area contributed by atoms with Crippen LogP contribution in [-0.2, 0) is 19.1 Å². The molecule has 4 N–H and O–H groups in total. The number of pyridine rings is 1. The topological polar surface area (TPSA) is 75.9 Å². The van der Waals surface area contributed by atoms with Gasteiger partial charge in [0.05, 0.1) is 21.8 Å². The molecule has 0 radical (unpaired) electrons. The minimum absolute atomic E-state index is 0.280. The van der Waals surface area contributed by atoms with Crippen LogP contribution >= 0.6 is 11.3 Å². The highest BCUT2D eigenvalue weighted by Gasteiger charge is 2.30. The Bertz CT molecular complexity index is 1220. The van der Waals surface area contributed by atoms with E-state index < -0.39 is 11.7 Å². The van der Waals surface area contributed by atoms with Crippen molar-refractivity contribution in [1.29, 1.82) is 0 Å². The molecule has 33 heavy (non-hydrogen) atoms. The molecule has 0 saturated carbocycles. The SMILES string of the molecule is CNCc1nc(NCC(N)Cc2ccc(C(F)(F)F)cc2)sc1-c1nccc2ccccc12. The smallest absolute Gasteiger partial charge is 0.360 e. The molecule has 4 aromatic rings. The summed E-state index contributed by atoms with van der Waals surface area (Å²) >= 11 is 1.52. The van der Waals surface area contributed by atoms with Gasteiger partial charge in [-0.05, 0) is 42.6 Å². The van der Waals surface area contributed by atoms with Gasteiger partial charge in [0.2, 0.25) is 0 Å². The van der Waals surface area contributed by atoms with Gasteiger partial charge in [0.25, 0.3) is 0 Å². The minimum Gasteiger partial charge on any atom is -0.360 e. The average Bonchev–Trinajstić information content (AvgIpc) is 3.20. The summed E-state index contributed by atoms with van der Waals surface area (Å²) in [6.07, 6.45) is -2.08. The van der Waals surface area contributed by atoms with E-state index in [1.165, 1.54) is 23.5 Å². The first kappa shape index (κ1) is 23.2. The van der Waals surface area contributed by atoms with E-state index in [9.17, 15) is 13.2 Å². The lowest BCUT2D eigenvalue weighted by atomic mass is 10.0. The van der Waals surface area contributed by atoms with Gasteiger partial charge in [0, 0.05) is 30.7 Å². The maximum absolute atomic E-state index is 12.7. The summed E-state index contributed by atoms with van der Waals surface area (Å²) in [4.78, 5) is 10.3. The van der Waals surface area contributed by atoms with Gasteiger partial charge >= 0.3 is 6.18 Å². The molecule has 0 amide bonds. The molecule has 9 heteroatoms. The molecule has 2 aromatic carbocycles. The maximum Gasteiger partial charge on any atom is 0.416 e. The van der Waals surface area contributed by atoms with Crippen LogP contribution in [0.25, 0.3) is 21.3 Å². The standard InChI is InChI=1S/C24H24F3N5S/c1-29-14-20-22(21-19-5-3-2-4-16(19)10-11-30-21)33-23(32-20)31-13-18(28)12-15-6-8-17(9-7-15)24(25,26)27/h2-11,18,29H,12-14,28H2,1H3,(H,31,32). The van der Waals surface area contributed by atoms with Crippen molar-refractivity contribution in [2.45, 2.75) is 25.2 Å². The van der Waals surface area contributed by atoms with Gasteiger partial charge in [-0.1, -0.05) is 47.7 Å². The summed E-state index contributed by atoms with van der Waals surface area (Å²) < 4.78 is 38.2. The molecule has 0 aliphatic heterocycles. The molecule has 5 nitrogen and oxygen atoms in total. The first-order valence-electron chi connectivity index (χ1n) is 10.5. The van der Waals surface area contributed by atoms with Gasteiger partial charge in [0.1, 0.15) is 0 Å². The second kappa shape index (κ2) is 9.86. The van der Waals surface area contributed by atoms with Crippen molar-refractivity contribution < 1.29 is 13.2 Å². The van der Waals surface area contributed by atoms with Crippen molar-refractivity contribution in [2.75, 3.05) is 18.9 Å². The molecule has 1 atom stereocenters. The number of hydrogen-bond acceptors (Lipinski definition) is 6. The van der Waals surface area contributed by atoms with Crippen LogP contribution < -0.4 is 16.4 Å². The molecular formula is C24H24F3N5S. The lowest BCUT2D eigenvalue weighted by Crippen LogP contribution is -2.31. The van der Waals surface area contributed by atoms with Crippen molar-refractivity contribution in [3.8, 4) is 10.6 Å². The minimum atomic E-state index is -4.34. The van der Waals surface area contributed by atoms with Gasteiger partial charge in [-0.3, -0.25) is 4.98 Å². The van der Waals surface area contributed by atoms with E-state index in [2.05, 4.69) is 21.7 Å². The Morgan fingerprint density at radius 1 is 1.06 bits per heavy atom. The fraction of sp³-hybridized carbons (Fsp3) is 0.250. The Morgan fingerprint density at radius 3 is 2.55 bits per heavy atom. The number of thiazole rings is 1. The zero-order valence-corrected chi connectivity index (χ0v) is 18.8. The number of rotatable bonds is 8. The third-order valence-corrected chi connectivity index (χ3v) is 6.29. The molecule has 0 bridgehead atoms. The number of hydrogen-bond donors (Lipinski definition) is 3. The lowest BCUT2D eigenvalue weighted by molar-refractivity contribution is -0.137. The van der Waals surface area contributed by atoms with E-state index in [1.54, 1.807) is 6.20 Å². The maximum atomic E-state index is 12.7. The molecule has 0 fully saturated rings. The Kier molecular flexibility index (Phi) is 6.92. The second-order valence-corrected chi connectivity index (χ2v) is 8.74. The molecule has 0 aliphatic rings. The third-order valence-electron chi connectivity index (χ3n) is 5.22. The Morgan fingerprint density at radius 2 is 1.82 bits per heavy atom. The predicted octanol–water partition coefficient (Wildman–Crippen LogP) is 5.08. The van der Waals surface area contributed by atoms with Crippen LogP contribution in [0.3, 0.4) is 0 Å². The van der Waals surface area contributed by atoms with E-state index >= 15 is 0 Å². The first-order valence-corrected chi connectivity index (χ1v) is 11.3. The molecule has 0 saturated heterocycles. The molecule has 2 aromatic heterocycles. The van der Waals surface area contributed by atoms with E-state index in [4.69, 9.17) is 10.7 Å². The highest BCUT2D eigenvalue weighted by molar-refractivity contribution is 7.19. The number of benzene rings is 2. The number of alkyl halides is 3. The van der Waals surface area contributed by atoms with Crippen LogP contribution in [0.5, 0.6) is 0 Å². The van der Waals surface area contributed by atoms with E-state index in [1.807, 2.05) is 31.3 Å². The summed E-state index contributed by atoms with van der Waals surface area (Å²) in [5, 5.41) is 9.34. The van der Waals surface area contributed by atoms with Gasteiger partial charge in [-0.25, -0.2) is 4.98 Å². The Labute approximate surface area is 193 Å². The normalized spacial score (nSPS) is 12.8. The summed E-state index contributed by atoms with van der Waals surface area (Å²) in [6.45, 7) is 1.03. The number of nitrogens with zero attached hydrogens (tertiary/aromatic N) is 2. The molecule has 0 spiro atoms. The fourth-order valence-electron chi connectivity index (χ4n) is 3.62. The monoisotopic (exact) mass is 471 g/mol. The van der Waals surface area contributed by atoms with Crippen LogP contribution in [0.4, 0.5) is 18.3 Å². The highest BCUT2D eigenvalue weighted by atomic mass is 32.1. The number of fused-ring (bicyclic) bond motifs is 1. The van der Waals surface area contributed by atoms with E-state index in [0.717, 1.165) is 49.9 Å². The quantitative estimate of drug-likeness (QED) is 0.334. The lowest BCUT2D eigenvalue weighted by Gasteiger charge is -2.13. The van der Waals surface area contributed by atoms with Gasteiger partial charge < -0.3 is 16.4 Å². The highest BCUT2D eigenvalue weighted by Crippen LogP contribution is 2.36. The molecule has 2 heterocycles. The summed E-state index contributed by atoms with van der Waals surface area (Å²) in [6, 6.07) is 14.9. The zero-order chi connectivity index (χ0) is 23.4. The van der Waals surface area contributed by atoms with Gasteiger partial charge in [0.15, 0.2) is 5.13 Å². The van der Waals surface area contributed by atoms with Crippen molar-refractivity contribution in [2.24, 2.45) is 5.73 Å². The zero-order valence-electron chi connectivity index (χ0n) is 18.0. The van der Waals surface area contributed by atoms with Crippen LogP contribution in [0.1, 0.15) is 16.8 Å². The van der Waals surface area contributed by atoms with E-state index in [0.29, 0.717) is 19.5 Å². The van der Waals surface area contributed by atoms with Crippen LogP contribution in [0, 0.1) is 0 Å². The number of nitrogens with two attached hydrogens (primary N) is 1. The Hall–Kier alpha value is -3.01. The number of aromatic nitrogens is 2. The van der Waals surface area contributed by atoms with Gasteiger partial charge in [-0.2, -0.15) is 13.2 Å². The van der Waals surface area contributed by atoms with Crippen LogP contribution in [-0.4, -0.2) is 29.6 Å². The summed E-state index contributed by atoms with van der Waals surface area (Å²) in [7, 11) is 1.87. The second-order valence-electron chi connectivity index (χ2n) is 7.75. The predicted molar refractivity (Wildman–Crippen MR) is 127 cm³/mol. The van der Waals surface area contributed by atoms with Crippen molar-refractivity contribution in [1.82, 2.24) is 15.3 Å².